The molecular weight excluding hydrogens is 441 g/mol. The van der Waals surface area contributed by atoms with E-state index in [1.807, 2.05) is 19.6 Å². The Morgan fingerprint density at radius 3 is 2.15 bits per heavy atom. The van der Waals surface area contributed by atoms with Crippen molar-refractivity contribution in [3.05, 3.63) is 0 Å². The zero-order valence-corrected chi connectivity index (χ0v) is 22.8. The highest BCUT2D eigenvalue weighted by molar-refractivity contribution is 6.69. The molecule has 0 radical (unpaired) electrons. The Morgan fingerprint density at radius 2 is 1.58 bits per heavy atom. The van der Waals surface area contributed by atoms with Gasteiger partial charge in [0.15, 0.2) is 13.9 Å². The number of ketones is 1. The maximum Gasteiger partial charge on any atom is 0.416 e. The van der Waals surface area contributed by atoms with Crippen molar-refractivity contribution in [2.75, 3.05) is 0 Å². The summed E-state index contributed by atoms with van der Waals surface area (Å²) in [7, 11) is -2.35. The molecule has 4 aliphatic carbocycles. The molecular formula is C27H45F3O2Si. The number of carbonyl (C=O) groups excluding carboxylic acids is 1. The molecule has 0 aromatic rings. The monoisotopic (exact) mass is 486 g/mol. The number of carbonyl (C=O) groups is 1. The average Bonchev–Trinajstić information content (AvgIpc) is 3.02. The van der Waals surface area contributed by atoms with Crippen molar-refractivity contribution in [3.63, 3.8) is 0 Å². The van der Waals surface area contributed by atoms with E-state index in [4.69, 9.17) is 4.43 Å². The third-order valence-electron chi connectivity index (χ3n) is 11.0. The summed E-state index contributed by atoms with van der Waals surface area (Å²) in [4.78, 5) is 12.2. The number of alkyl halides is 3. The van der Waals surface area contributed by atoms with Crippen LogP contribution in [0.3, 0.4) is 0 Å². The SMILES string of the molecule is CC(=O)[C@@H](C)[C@H]1CC[C@H]2[C@@H]3CC[C@H]4CC(O[Si](C)(C)C)(C(F)(F)F)CC[C@]4(C)[C@H]3CC[C@]12C. The molecule has 6 heteroatoms. The van der Waals surface area contributed by atoms with Crippen LogP contribution in [0.1, 0.15) is 85.5 Å². The zero-order chi connectivity index (χ0) is 24.6. The second kappa shape index (κ2) is 8.08. The molecule has 0 aromatic carbocycles. The van der Waals surface area contributed by atoms with Crippen LogP contribution < -0.4 is 0 Å². The second-order valence-corrected chi connectivity index (χ2v) is 18.1. The minimum absolute atomic E-state index is 0.0218. The highest BCUT2D eigenvalue weighted by Gasteiger charge is 2.66. The van der Waals surface area contributed by atoms with E-state index in [9.17, 15) is 18.0 Å². The molecule has 9 atom stereocenters. The first kappa shape index (κ1) is 25.7. The molecule has 4 fully saturated rings. The van der Waals surface area contributed by atoms with Crippen LogP contribution in [0.2, 0.25) is 19.6 Å². The lowest BCUT2D eigenvalue weighted by molar-refractivity contribution is -0.282. The van der Waals surface area contributed by atoms with Crippen LogP contribution in [0.15, 0.2) is 0 Å². The minimum Gasteiger partial charge on any atom is -0.404 e. The van der Waals surface area contributed by atoms with Crippen molar-refractivity contribution < 1.29 is 22.4 Å². The lowest BCUT2D eigenvalue weighted by atomic mass is 9.43. The molecule has 4 aliphatic rings. The third kappa shape index (κ3) is 4.07. The predicted octanol–water partition coefficient (Wildman–Crippen LogP) is 8.02. The zero-order valence-electron chi connectivity index (χ0n) is 21.8. The van der Waals surface area contributed by atoms with Gasteiger partial charge in [0.05, 0.1) is 0 Å². The van der Waals surface area contributed by atoms with Crippen molar-refractivity contribution in [1.82, 2.24) is 0 Å². The molecule has 1 unspecified atom stereocenters. The fourth-order valence-electron chi connectivity index (χ4n) is 9.37. The van der Waals surface area contributed by atoms with Crippen molar-refractivity contribution in [2.24, 2.45) is 46.3 Å². The fraction of sp³-hybridized carbons (Fsp3) is 0.963. The number of fused-ring (bicyclic) bond motifs is 5. The van der Waals surface area contributed by atoms with Gasteiger partial charge in [-0.3, -0.25) is 4.79 Å². The third-order valence-corrected chi connectivity index (χ3v) is 12.0. The first-order chi connectivity index (χ1) is 15.0. The molecule has 4 rings (SSSR count). The summed E-state index contributed by atoms with van der Waals surface area (Å²) in [6.07, 6.45) is 3.07. The van der Waals surface area contributed by atoms with Crippen LogP contribution in [0.4, 0.5) is 13.2 Å². The summed E-state index contributed by atoms with van der Waals surface area (Å²) in [6, 6.07) is 0. The predicted molar refractivity (Wildman–Crippen MR) is 128 cm³/mol. The summed E-state index contributed by atoms with van der Waals surface area (Å²) in [5.41, 5.74) is -1.76. The Hall–Kier alpha value is -0.363. The molecule has 190 valence electrons. The van der Waals surface area contributed by atoms with Gasteiger partial charge < -0.3 is 4.43 Å². The van der Waals surface area contributed by atoms with Crippen LogP contribution in [0.5, 0.6) is 0 Å². The van der Waals surface area contributed by atoms with E-state index in [-0.39, 0.29) is 35.5 Å². The van der Waals surface area contributed by atoms with Gasteiger partial charge in [0.25, 0.3) is 0 Å². The van der Waals surface area contributed by atoms with Gasteiger partial charge in [-0.2, -0.15) is 13.2 Å². The summed E-state index contributed by atoms with van der Waals surface area (Å²) in [6.45, 7) is 14.2. The van der Waals surface area contributed by atoms with E-state index in [1.54, 1.807) is 6.92 Å². The maximum absolute atomic E-state index is 14.4. The van der Waals surface area contributed by atoms with Crippen molar-refractivity contribution in [2.45, 2.75) is 117 Å². The summed E-state index contributed by atoms with van der Waals surface area (Å²) >= 11 is 0. The number of Topliss-reactive ketones (excluding diaryl/α,β-unsaturated/α-hetero) is 1. The molecule has 33 heavy (non-hydrogen) atoms. The highest BCUT2D eigenvalue weighted by atomic mass is 28.4. The van der Waals surface area contributed by atoms with Gasteiger partial charge in [-0.25, -0.2) is 0 Å². The lowest BCUT2D eigenvalue weighted by Gasteiger charge is -2.63. The number of hydrogen-bond acceptors (Lipinski definition) is 2. The normalized spacial score (nSPS) is 46.8. The van der Waals surface area contributed by atoms with Crippen molar-refractivity contribution >= 4 is 14.1 Å². The van der Waals surface area contributed by atoms with Gasteiger partial charge >= 0.3 is 6.18 Å². The van der Waals surface area contributed by atoms with Gasteiger partial charge in [-0.1, -0.05) is 20.8 Å². The number of hydrogen-bond donors (Lipinski definition) is 0. The van der Waals surface area contributed by atoms with Crippen LogP contribution in [0, 0.1) is 46.3 Å². The average molecular weight is 487 g/mol. The topological polar surface area (TPSA) is 26.3 Å². The maximum atomic E-state index is 14.4. The van der Waals surface area contributed by atoms with Gasteiger partial charge in [-0.15, -0.1) is 0 Å². The Morgan fingerprint density at radius 1 is 0.939 bits per heavy atom. The van der Waals surface area contributed by atoms with E-state index >= 15 is 0 Å². The van der Waals surface area contributed by atoms with E-state index in [1.165, 1.54) is 6.42 Å². The summed E-state index contributed by atoms with van der Waals surface area (Å²) in [5.74, 6) is 2.70. The molecule has 0 spiro atoms. The van der Waals surface area contributed by atoms with E-state index in [2.05, 4.69) is 20.8 Å². The molecule has 0 heterocycles. The Bertz CT molecular complexity index is 776. The van der Waals surface area contributed by atoms with Crippen LogP contribution in [-0.2, 0) is 9.22 Å². The van der Waals surface area contributed by atoms with Gasteiger partial charge in [0.2, 0.25) is 0 Å². The van der Waals surface area contributed by atoms with Crippen molar-refractivity contribution in [3.8, 4) is 0 Å². The Labute approximate surface area is 199 Å². The standard InChI is InChI=1S/C27H45F3O2Si/c1-17(18(2)31)21-10-11-22-20-9-8-19-16-26(27(28,29)30,32-33(5,6)7)15-14-24(19,3)23(20)12-13-25(21,22)4/h17,19-23H,8-16H2,1-7H3/t17-,19+,20+,21-,22+,23+,24+,25-,26?/m1/s1. The van der Waals surface area contributed by atoms with Gasteiger partial charge in [0.1, 0.15) is 5.78 Å². The molecule has 0 amide bonds. The molecule has 0 aromatic heterocycles. The Kier molecular flexibility index (Phi) is 6.29. The number of rotatable bonds is 4. The molecule has 0 bridgehead atoms. The van der Waals surface area contributed by atoms with Crippen molar-refractivity contribution in [1.29, 1.82) is 0 Å². The van der Waals surface area contributed by atoms with E-state index < -0.39 is 20.1 Å². The first-order valence-corrected chi connectivity index (χ1v) is 16.7. The molecule has 2 nitrogen and oxygen atoms in total. The quantitative estimate of drug-likeness (QED) is 0.376. The van der Waals surface area contributed by atoms with Gasteiger partial charge in [0, 0.05) is 5.92 Å². The summed E-state index contributed by atoms with van der Waals surface area (Å²) in [5, 5.41) is 0. The fourth-order valence-corrected chi connectivity index (χ4v) is 10.8. The molecule has 0 N–H and O–H groups in total. The minimum atomic E-state index is -4.31. The summed E-state index contributed by atoms with van der Waals surface area (Å²) < 4.78 is 49.3. The second-order valence-electron chi connectivity index (χ2n) is 13.7. The molecule has 0 aliphatic heterocycles. The van der Waals surface area contributed by atoms with E-state index in [0.717, 1.165) is 32.1 Å². The first-order valence-electron chi connectivity index (χ1n) is 13.3. The highest BCUT2D eigenvalue weighted by Crippen LogP contribution is 2.69. The van der Waals surface area contributed by atoms with Crippen LogP contribution in [-0.4, -0.2) is 25.9 Å². The molecule has 4 saturated carbocycles. The van der Waals surface area contributed by atoms with E-state index in [0.29, 0.717) is 35.9 Å². The molecule has 0 saturated heterocycles. The van der Waals surface area contributed by atoms with Crippen LogP contribution in [0.25, 0.3) is 0 Å². The lowest BCUT2D eigenvalue weighted by Crippen LogP contribution is -2.61. The largest absolute Gasteiger partial charge is 0.416 e. The van der Waals surface area contributed by atoms with Crippen LogP contribution >= 0.6 is 0 Å². The number of halogens is 3. The smallest absolute Gasteiger partial charge is 0.404 e. The Balaban J connectivity index is 1.58. The van der Waals surface area contributed by atoms with Gasteiger partial charge in [-0.05, 0) is 125 Å².